The van der Waals surface area contributed by atoms with E-state index in [2.05, 4.69) is 14.5 Å². The molecule has 0 amide bonds. The standard InChI is InChI=1S/C20H26ClN3O4S/c1-27-19-8-7-18(15-20(19)28-2)29(25,26)22-9-10-23-11-13-24(14-12-23)17-5-3-16(21)4-6-17/h3-8,15,22H,9-14H2,1-2H3. The van der Waals surface area contributed by atoms with E-state index in [1.807, 2.05) is 24.3 Å². The van der Waals surface area contributed by atoms with Gasteiger partial charge in [0.2, 0.25) is 10.0 Å². The van der Waals surface area contributed by atoms with Crippen LogP contribution in [0, 0.1) is 0 Å². The van der Waals surface area contributed by atoms with Gasteiger partial charge in [-0.25, -0.2) is 13.1 Å². The zero-order valence-corrected chi connectivity index (χ0v) is 18.2. The van der Waals surface area contributed by atoms with Crippen molar-refractivity contribution in [1.29, 1.82) is 0 Å². The van der Waals surface area contributed by atoms with Crippen LogP contribution in [-0.2, 0) is 10.0 Å². The van der Waals surface area contributed by atoms with Crippen LogP contribution in [-0.4, -0.2) is 66.8 Å². The summed E-state index contributed by atoms with van der Waals surface area (Å²) in [4.78, 5) is 4.71. The third-order valence-corrected chi connectivity index (χ3v) is 6.66. The van der Waals surface area contributed by atoms with Crippen LogP contribution in [0.5, 0.6) is 11.5 Å². The number of nitrogens with one attached hydrogen (secondary N) is 1. The van der Waals surface area contributed by atoms with E-state index < -0.39 is 10.0 Å². The highest BCUT2D eigenvalue weighted by atomic mass is 35.5. The largest absolute Gasteiger partial charge is 0.493 e. The van der Waals surface area contributed by atoms with Crippen molar-refractivity contribution in [1.82, 2.24) is 9.62 Å². The number of anilines is 1. The lowest BCUT2D eigenvalue weighted by Gasteiger charge is -2.36. The Morgan fingerprint density at radius 1 is 0.966 bits per heavy atom. The van der Waals surface area contributed by atoms with Crippen molar-refractivity contribution >= 4 is 27.3 Å². The van der Waals surface area contributed by atoms with Gasteiger partial charge in [-0.3, -0.25) is 4.90 Å². The number of nitrogens with zero attached hydrogens (tertiary/aromatic N) is 2. The highest BCUT2D eigenvalue weighted by Gasteiger charge is 2.19. The summed E-state index contributed by atoms with van der Waals surface area (Å²) in [6.45, 7) is 4.54. The summed E-state index contributed by atoms with van der Waals surface area (Å²) < 4.78 is 38.1. The van der Waals surface area contributed by atoms with Gasteiger partial charge < -0.3 is 14.4 Å². The molecule has 0 unspecified atom stereocenters. The Morgan fingerprint density at radius 2 is 1.62 bits per heavy atom. The summed E-state index contributed by atoms with van der Waals surface area (Å²) in [5, 5.41) is 0.731. The molecule has 2 aromatic carbocycles. The Morgan fingerprint density at radius 3 is 2.24 bits per heavy atom. The number of methoxy groups -OCH3 is 2. The van der Waals surface area contributed by atoms with Crippen molar-refractivity contribution in [3.05, 3.63) is 47.5 Å². The molecule has 0 aromatic heterocycles. The molecule has 0 atom stereocenters. The molecule has 1 fully saturated rings. The first-order valence-corrected chi connectivity index (χ1v) is 11.2. The van der Waals surface area contributed by atoms with Gasteiger partial charge in [0.15, 0.2) is 11.5 Å². The summed E-state index contributed by atoms with van der Waals surface area (Å²) >= 11 is 5.95. The van der Waals surface area contributed by atoms with Crippen molar-refractivity contribution in [2.24, 2.45) is 0 Å². The van der Waals surface area contributed by atoms with Crippen molar-refractivity contribution in [3.63, 3.8) is 0 Å². The van der Waals surface area contributed by atoms with Gasteiger partial charge in [0.25, 0.3) is 0 Å². The monoisotopic (exact) mass is 439 g/mol. The molecule has 0 aliphatic carbocycles. The third kappa shape index (κ3) is 5.54. The molecular formula is C20H26ClN3O4S. The molecule has 1 saturated heterocycles. The minimum atomic E-state index is -3.61. The molecule has 0 spiro atoms. The molecule has 2 aromatic rings. The molecule has 1 heterocycles. The fraction of sp³-hybridized carbons (Fsp3) is 0.400. The second kappa shape index (κ2) is 9.67. The van der Waals surface area contributed by atoms with E-state index in [4.69, 9.17) is 21.1 Å². The number of ether oxygens (including phenoxy) is 2. The van der Waals surface area contributed by atoms with E-state index in [0.29, 0.717) is 24.6 Å². The minimum Gasteiger partial charge on any atom is -0.493 e. The second-order valence-electron chi connectivity index (χ2n) is 6.72. The number of halogens is 1. The van der Waals surface area contributed by atoms with Gasteiger partial charge >= 0.3 is 0 Å². The molecule has 0 bridgehead atoms. The predicted octanol–water partition coefficient (Wildman–Crippen LogP) is 2.46. The lowest BCUT2D eigenvalue weighted by molar-refractivity contribution is 0.262. The lowest BCUT2D eigenvalue weighted by atomic mass is 10.2. The van der Waals surface area contributed by atoms with Crippen LogP contribution in [0.25, 0.3) is 0 Å². The smallest absolute Gasteiger partial charge is 0.240 e. The maximum absolute atomic E-state index is 12.6. The zero-order chi connectivity index (χ0) is 20.9. The Labute approximate surface area is 177 Å². The Balaban J connectivity index is 1.49. The van der Waals surface area contributed by atoms with Crippen molar-refractivity contribution in [2.45, 2.75) is 4.90 Å². The highest BCUT2D eigenvalue weighted by molar-refractivity contribution is 7.89. The van der Waals surface area contributed by atoms with E-state index in [1.165, 1.54) is 26.4 Å². The van der Waals surface area contributed by atoms with Crippen LogP contribution < -0.4 is 19.1 Å². The van der Waals surface area contributed by atoms with Crippen LogP contribution in [0.15, 0.2) is 47.4 Å². The van der Waals surface area contributed by atoms with E-state index in [0.717, 1.165) is 36.9 Å². The van der Waals surface area contributed by atoms with Gasteiger partial charge in [-0.2, -0.15) is 0 Å². The first-order valence-electron chi connectivity index (χ1n) is 9.37. The molecule has 9 heteroatoms. The van der Waals surface area contributed by atoms with E-state index in [-0.39, 0.29) is 4.90 Å². The average Bonchev–Trinajstić information content (AvgIpc) is 2.74. The molecule has 0 radical (unpaired) electrons. The molecule has 3 rings (SSSR count). The number of benzene rings is 2. The maximum Gasteiger partial charge on any atom is 0.240 e. The normalized spacial score (nSPS) is 15.3. The fourth-order valence-electron chi connectivity index (χ4n) is 3.29. The van der Waals surface area contributed by atoms with Crippen molar-refractivity contribution in [3.8, 4) is 11.5 Å². The first kappa shape index (κ1) is 21.7. The summed E-state index contributed by atoms with van der Waals surface area (Å²) in [5.74, 6) is 0.874. The molecule has 29 heavy (non-hydrogen) atoms. The number of rotatable bonds is 8. The zero-order valence-electron chi connectivity index (χ0n) is 16.6. The number of piperazine rings is 1. The summed E-state index contributed by atoms with van der Waals surface area (Å²) in [6, 6.07) is 12.4. The molecule has 7 nitrogen and oxygen atoms in total. The summed E-state index contributed by atoms with van der Waals surface area (Å²) in [7, 11) is -0.623. The third-order valence-electron chi connectivity index (χ3n) is 4.95. The molecule has 1 aliphatic heterocycles. The fourth-order valence-corrected chi connectivity index (χ4v) is 4.45. The lowest BCUT2D eigenvalue weighted by Crippen LogP contribution is -2.48. The number of sulfonamides is 1. The van der Waals surface area contributed by atoms with Crippen molar-refractivity contribution < 1.29 is 17.9 Å². The molecule has 1 N–H and O–H groups in total. The van der Waals surface area contributed by atoms with Crippen molar-refractivity contribution in [2.75, 3.05) is 58.4 Å². The van der Waals surface area contributed by atoms with Crippen LogP contribution in [0.3, 0.4) is 0 Å². The van der Waals surface area contributed by atoms with Crippen LogP contribution in [0.1, 0.15) is 0 Å². The van der Waals surface area contributed by atoms with Crippen LogP contribution in [0.4, 0.5) is 5.69 Å². The average molecular weight is 440 g/mol. The van der Waals surface area contributed by atoms with Gasteiger partial charge in [0.1, 0.15) is 0 Å². The van der Waals surface area contributed by atoms with E-state index in [9.17, 15) is 8.42 Å². The minimum absolute atomic E-state index is 0.155. The summed E-state index contributed by atoms with van der Waals surface area (Å²) in [6.07, 6.45) is 0. The number of hydrogen-bond acceptors (Lipinski definition) is 6. The van der Waals surface area contributed by atoms with Gasteiger partial charge in [0, 0.05) is 56.0 Å². The molecule has 1 aliphatic rings. The summed E-state index contributed by atoms with van der Waals surface area (Å²) in [5.41, 5.74) is 1.16. The van der Waals surface area contributed by atoms with Gasteiger partial charge in [-0.1, -0.05) is 11.6 Å². The Hall–Kier alpha value is -2.00. The predicted molar refractivity (Wildman–Crippen MR) is 115 cm³/mol. The topological polar surface area (TPSA) is 71.1 Å². The highest BCUT2D eigenvalue weighted by Crippen LogP contribution is 2.29. The van der Waals surface area contributed by atoms with Crippen LogP contribution in [0.2, 0.25) is 5.02 Å². The molecular weight excluding hydrogens is 414 g/mol. The second-order valence-corrected chi connectivity index (χ2v) is 8.92. The SMILES string of the molecule is COc1ccc(S(=O)(=O)NCCN2CCN(c3ccc(Cl)cc3)CC2)cc1OC. The first-order chi connectivity index (χ1) is 13.9. The van der Waals surface area contributed by atoms with E-state index in [1.54, 1.807) is 6.07 Å². The Bertz CT molecular complexity index is 914. The molecule has 158 valence electrons. The van der Waals surface area contributed by atoms with Gasteiger partial charge in [-0.05, 0) is 36.4 Å². The number of hydrogen-bond donors (Lipinski definition) is 1. The molecule has 0 saturated carbocycles. The van der Waals surface area contributed by atoms with E-state index >= 15 is 0 Å². The van der Waals surface area contributed by atoms with Crippen LogP contribution >= 0.6 is 11.6 Å². The maximum atomic E-state index is 12.6. The Kier molecular flexibility index (Phi) is 7.23. The quantitative estimate of drug-likeness (QED) is 0.681. The van der Waals surface area contributed by atoms with Gasteiger partial charge in [0.05, 0.1) is 19.1 Å². The van der Waals surface area contributed by atoms with Gasteiger partial charge in [-0.15, -0.1) is 0 Å².